The van der Waals surface area contributed by atoms with Crippen molar-refractivity contribution in [2.24, 2.45) is 27.9 Å². The van der Waals surface area contributed by atoms with Crippen LogP contribution in [0.1, 0.15) is 56.4 Å². The SMILES string of the molecule is CC(=O)CNC(=O)N[C@@H](CCC(N)=O)c1nc([C@@H](N)CCCN=C(N)N)no1. The summed E-state index contributed by atoms with van der Waals surface area (Å²) in [6, 6.07) is -1.91. The van der Waals surface area contributed by atoms with Crippen molar-refractivity contribution >= 4 is 23.7 Å². The van der Waals surface area contributed by atoms with E-state index in [1.165, 1.54) is 6.92 Å². The average molecular weight is 397 g/mol. The van der Waals surface area contributed by atoms with Gasteiger partial charge in [-0.3, -0.25) is 14.6 Å². The first-order chi connectivity index (χ1) is 13.2. The van der Waals surface area contributed by atoms with Crippen LogP contribution in [0.25, 0.3) is 0 Å². The summed E-state index contributed by atoms with van der Waals surface area (Å²) in [6.45, 7) is 1.62. The Morgan fingerprint density at radius 3 is 2.54 bits per heavy atom. The van der Waals surface area contributed by atoms with E-state index in [-0.39, 0.29) is 42.8 Å². The lowest BCUT2D eigenvalue weighted by atomic mass is 10.1. The number of Topliss-reactive ketones (excluding diaryl/α,β-unsaturated/α-hetero) is 1. The summed E-state index contributed by atoms with van der Waals surface area (Å²) in [5.41, 5.74) is 21.7. The molecule has 0 aliphatic carbocycles. The minimum Gasteiger partial charge on any atom is -0.370 e. The van der Waals surface area contributed by atoms with Crippen molar-refractivity contribution in [2.75, 3.05) is 13.1 Å². The Labute approximate surface area is 161 Å². The van der Waals surface area contributed by atoms with Crippen LogP contribution in [0.15, 0.2) is 9.52 Å². The van der Waals surface area contributed by atoms with Crippen LogP contribution < -0.4 is 33.6 Å². The molecule has 0 radical (unpaired) electrons. The molecule has 0 unspecified atom stereocenters. The molecule has 1 aromatic rings. The van der Waals surface area contributed by atoms with Crippen LogP contribution in [0.5, 0.6) is 0 Å². The van der Waals surface area contributed by atoms with E-state index in [0.29, 0.717) is 19.4 Å². The fourth-order valence-electron chi connectivity index (χ4n) is 2.15. The fourth-order valence-corrected chi connectivity index (χ4v) is 2.15. The summed E-state index contributed by atoms with van der Waals surface area (Å²) >= 11 is 0. The third-order valence-electron chi connectivity index (χ3n) is 3.54. The van der Waals surface area contributed by atoms with Crippen LogP contribution in [0.2, 0.25) is 0 Å². The standard InChI is InChI=1S/C15H27N9O4/c1-8(25)7-21-15(27)22-10(4-5-11(17)26)13-23-12(24-28-13)9(16)3-2-6-20-14(18)19/h9-10H,2-7,16H2,1H3,(H2,17,26)(H4,18,19,20)(H2,21,22,27)/t9-,10-/m0/s1. The van der Waals surface area contributed by atoms with Gasteiger partial charge in [-0.05, 0) is 26.2 Å². The molecule has 0 spiro atoms. The minimum absolute atomic E-state index is 0.00170. The van der Waals surface area contributed by atoms with Gasteiger partial charge in [0, 0.05) is 13.0 Å². The molecule has 2 atom stereocenters. The number of primary amides is 1. The number of nitrogens with one attached hydrogen (secondary N) is 2. The number of guanidine groups is 1. The summed E-state index contributed by atoms with van der Waals surface area (Å²) in [4.78, 5) is 42.0. The summed E-state index contributed by atoms with van der Waals surface area (Å²) in [5, 5.41) is 8.77. The summed E-state index contributed by atoms with van der Waals surface area (Å²) in [5.74, 6) is -0.437. The molecular weight excluding hydrogens is 370 g/mol. The van der Waals surface area contributed by atoms with E-state index in [0.717, 1.165) is 0 Å². The van der Waals surface area contributed by atoms with E-state index < -0.39 is 24.0 Å². The number of carbonyl (C=O) groups is 3. The number of hydrogen-bond acceptors (Lipinski definition) is 8. The number of aromatic nitrogens is 2. The molecule has 0 bridgehead atoms. The zero-order valence-electron chi connectivity index (χ0n) is 15.7. The first-order valence-corrected chi connectivity index (χ1v) is 8.65. The molecule has 0 saturated heterocycles. The third-order valence-corrected chi connectivity index (χ3v) is 3.54. The summed E-state index contributed by atoms with van der Waals surface area (Å²) in [7, 11) is 0. The Hall–Kier alpha value is -3.22. The number of carbonyl (C=O) groups excluding carboxylic acids is 3. The smallest absolute Gasteiger partial charge is 0.315 e. The van der Waals surface area contributed by atoms with Crippen molar-refractivity contribution in [2.45, 2.75) is 44.7 Å². The molecule has 0 fully saturated rings. The number of aliphatic imine (C=N–C) groups is 1. The molecule has 0 aromatic carbocycles. The first-order valence-electron chi connectivity index (χ1n) is 8.65. The zero-order valence-corrected chi connectivity index (χ0v) is 15.7. The van der Waals surface area contributed by atoms with Crippen LogP contribution in [0, 0.1) is 0 Å². The highest BCUT2D eigenvalue weighted by atomic mass is 16.5. The maximum Gasteiger partial charge on any atom is 0.315 e. The van der Waals surface area contributed by atoms with Gasteiger partial charge < -0.3 is 38.1 Å². The molecule has 28 heavy (non-hydrogen) atoms. The minimum atomic E-state index is -0.769. The highest BCUT2D eigenvalue weighted by Crippen LogP contribution is 2.20. The quantitative estimate of drug-likeness (QED) is 0.134. The lowest BCUT2D eigenvalue weighted by Gasteiger charge is -2.14. The van der Waals surface area contributed by atoms with Gasteiger partial charge in [-0.2, -0.15) is 4.98 Å². The van der Waals surface area contributed by atoms with Gasteiger partial charge in [-0.15, -0.1) is 0 Å². The van der Waals surface area contributed by atoms with Crippen LogP contribution in [-0.2, 0) is 9.59 Å². The predicted molar refractivity (Wildman–Crippen MR) is 99.5 cm³/mol. The number of amides is 3. The molecule has 3 amide bonds. The van der Waals surface area contributed by atoms with Crippen molar-refractivity contribution in [1.82, 2.24) is 20.8 Å². The largest absolute Gasteiger partial charge is 0.370 e. The van der Waals surface area contributed by atoms with E-state index in [9.17, 15) is 14.4 Å². The molecule has 0 aliphatic rings. The van der Waals surface area contributed by atoms with Crippen molar-refractivity contribution in [3.63, 3.8) is 0 Å². The topological polar surface area (TPSA) is 231 Å². The van der Waals surface area contributed by atoms with Crippen LogP contribution in [0.3, 0.4) is 0 Å². The number of nitrogens with zero attached hydrogens (tertiary/aromatic N) is 3. The summed E-state index contributed by atoms with van der Waals surface area (Å²) in [6.07, 6.45) is 1.25. The fraction of sp³-hybridized carbons (Fsp3) is 0.600. The molecule has 0 saturated carbocycles. The van der Waals surface area contributed by atoms with Crippen LogP contribution >= 0.6 is 0 Å². The molecule has 1 rings (SSSR count). The Morgan fingerprint density at radius 2 is 1.93 bits per heavy atom. The highest BCUT2D eigenvalue weighted by Gasteiger charge is 2.23. The number of rotatable bonds is 12. The van der Waals surface area contributed by atoms with Gasteiger partial charge in [-0.1, -0.05) is 5.16 Å². The normalized spacial score (nSPS) is 12.6. The first kappa shape index (κ1) is 22.8. The second-order valence-electron chi connectivity index (χ2n) is 6.13. The Bertz CT molecular complexity index is 699. The lowest BCUT2D eigenvalue weighted by Crippen LogP contribution is -2.40. The number of urea groups is 1. The molecule has 1 aromatic heterocycles. The molecule has 13 nitrogen and oxygen atoms in total. The zero-order chi connectivity index (χ0) is 21.1. The Kier molecular flexibility index (Phi) is 9.36. The maximum atomic E-state index is 11.9. The van der Waals surface area contributed by atoms with Crippen molar-refractivity contribution in [3.05, 3.63) is 11.7 Å². The maximum absolute atomic E-state index is 11.9. The van der Waals surface area contributed by atoms with E-state index in [1.54, 1.807) is 0 Å². The van der Waals surface area contributed by atoms with E-state index in [4.69, 9.17) is 27.5 Å². The van der Waals surface area contributed by atoms with Gasteiger partial charge in [-0.25, -0.2) is 4.79 Å². The Balaban J connectivity index is 2.73. The number of hydrogen-bond donors (Lipinski definition) is 6. The van der Waals surface area contributed by atoms with Crippen molar-refractivity contribution < 1.29 is 18.9 Å². The van der Waals surface area contributed by atoms with E-state index in [1.807, 2.05) is 0 Å². The van der Waals surface area contributed by atoms with Gasteiger partial charge in [0.15, 0.2) is 11.8 Å². The predicted octanol–water partition coefficient (Wildman–Crippen LogP) is -1.68. The molecule has 156 valence electrons. The Morgan fingerprint density at radius 1 is 1.21 bits per heavy atom. The summed E-state index contributed by atoms with van der Waals surface area (Å²) < 4.78 is 5.18. The second-order valence-corrected chi connectivity index (χ2v) is 6.13. The highest BCUT2D eigenvalue weighted by molar-refractivity contribution is 5.83. The molecule has 1 heterocycles. The van der Waals surface area contributed by atoms with Gasteiger partial charge >= 0.3 is 6.03 Å². The van der Waals surface area contributed by atoms with Gasteiger partial charge in [0.1, 0.15) is 11.8 Å². The molecular formula is C15H27N9O4. The molecule has 10 N–H and O–H groups in total. The van der Waals surface area contributed by atoms with Crippen molar-refractivity contribution in [3.8, 4) is 0 Å². The lowest BCUT2D eigenvalue weighted by molar-refractivity contribution is -0.118. The molecule has 0 aliphatic heterocycles. The average Bonchev–Trinajstić information content (AvgIpc) is 3.10. The van der Waals surface area contributed by atoms with Crippen LogP contribution in [-0.4, -0.2) is 46.9 Å². The number of ketones is 1. The third kappa shape index (κ3) is 8.93. The monoisotopic (exact) mass is 397 g/mol. The molecule has 13 heteroatoms. The van der Waals surface area contributed by atoms with Gasteiger partial charge in [0.2, 0.25) is 11.8 Å². The van der Waals surface area contributed by atoms with Gasteiger partial charge in [0.05, 0.1) is 12.6 Å². The number of nitrogens with two attached hydrogens (primary N) is 4. The van der Waals surface area contributed by atoms with E-state index in [2.05, 4.69) is 25.8 Å². The second kappa shape index (κ2) is 11.5. The van der Waals surface area contributed by atoms with Gasteiger partial charge in [0.25, 0.3) is 0 Å². The van der Waals surface area contributed by atoms with Crippen LogP contribution in [0.4, 0.5) is 4.79 Å². The van der Waals surface area contributed by atoms with Crippen molar-refractivity contribution in [1.29, 1.82) is 0 Å². The van der Waals surface area contributed by atoms with E-state index >= 15 is 0 Å².